The van der Waals surface area contributed by atoms with Crippen LogP contribution in [-0.2, 0) is 19.5 Å². The molecule has 0 saturated heterocycles. The van der Waals surface area contributed by atoms with Crippen molar-refractivity contribution in [3.63, 3.8) is 0 Å². The van der Waals surface area contributed by atoms with E-state index in [1.54, 1.807) is 20.3 Å². The Labute approximate surface area is 179 Å². The molecule has 4 rings (SSSR count). The average Bonchev–Trinajstić information content (AvgIpc) is 2.75. The van der Waals surface area contributed by atoms with Crippen molar-refractivity contribution in [3.8, 4) is 17.2 Å². The van der Waals surface area contributed by atoms with Gasteiger partial charge in [-0.15, -0.1) is 0 Å². The average molecular weight is 430 g/mol. The predicted molar refractivity (Wildman–Crippen MR) is 116 cm³/mol. The molecular weight excluding hydrogens is 406 g/mol. The van der Waals surface area contributed by atoms with Crippen molar-refractivity contribution < 1.29 is 18.6 Å². The summed E-state index contributed by atoms with van der Waals surface area (Å²) in [5.74, 6) is 2.06. The molecule has 1 aliphatic rings. The Balaban J connectivity index is 1.72. The molecule has 2 aromatic carbocycles. The maximum atomic E-state index is 12.2. The van der Waals surface area contributed by atoms with Crippen LogP contribution in [0.3, 0.4) is 0 Å². The number of halogens is 1. The molecule has 7 heteroatoms. The zero-order chi connectivity index (χ0) is 21.3. The van der Waals surface area contributed by atoms with E-state index in [0.29, 0.717) is 36.2 Å². The van der Waals surface area contributed by atoms with E-state index in [-0.39, 0.29) is 5.63 Å². The number of nitrogens with zero attached hydrogens (tertiary/aromatic N) is 1. The van der Waals surface area contributed by atoms with Crippen LogP contribution < -0.4 is 19.8 Å². The van der Waals surface area contributed by atoms with Gasteiger partial charge in [-0.25, -0.2) is 4.79 Å². The lowest BCUT2D eigenvalue weighted by molar-refractivity contribution is 0.0883. The smallest absolute Gasteiger partial charge is 0.336 e. The van der Waals surface area contributed by atoms with Gasteiger partial charge in [0.1, 0.15) is 29.6 Å². The summed E-state index contributed by atoms with van der Waals surface area (Å²) in [7, 11) is 3.26. The van der Waals surface area contributed by atoms with Gasteiger partial charge in [-0.1, -0.05) is 31.0 Å². The molecule has 6 nitrogen and oxygen atoms in total. The normalized spacial score (nSPS) is 13.7. The van der Waals surface area contributed by atoms with Gasteiger partial charge in [-0.3, -0.25) is 4.90 Å². The summed E-state index contributed by atoms with van der Waals surface area (Å²) in [6.45, 7) is 3.58. The zero-order valence-corrected chi connectivity index (χ0v) is 18.0. The molecule has 0 spiro atoms. The van der Waals surface area contributed by atoms with Crippen LogP contribution in [-0.4, -0.2) is 25.9 Å². The van der Waals surface area contributed by atoms with Crippen LogP contribution in [0.15, 0.2) is 39.5 Å². The fourth-order valence-electron chi connectivity index (χ4n) is 3.90. The highest BCUT2D eigenvalue weighted by Gasteiger charge is 2.26. The van der Waals surface area contributed by atoms with E-state index < -0.39 is 0 Å². The fraction of sp³-hybridized carbons (Fsp3) is 0.348. The van der Waals surface area contributed by atoms with Crippen LogP contribution in [0.5, 0.6) is 17.2 Å². The van der Waals surface area contributed by atoms with E-state index in [0.717, 1.165) is 46.4 Å². The van der Waals surface area contributed by atoms with Gasteiger partial charge in [0.25, 0.3) is 0 Å². The van der Waals surface area contributed by atoms with E-state index in [2.05, 4.69) is 11.8 Å². The standard InChI is InChI=1S/C23H24ClNO5/c1-4-5-14-8-21(26)30-22-17(14)10-19(24)23-18(22)12-25(13-29-23)11-15-6-7-16(27-2)9-20(15)28-3/h6-10H,4-5,11-13H2,1-3H3. The summed E-state index contributed by atoms with van der Waals surface area (Å²) in [6.07, 6.45) is 1.71. The molecule has 2 heterocycles. The first-order valence-electron chi connectivity index (χ1n) is 9.88. The molecule has 158 valence electrons. The number of ether oxygens (including phenoxy) is 3. The molecule has 0 fully saturated rings. The fourth-order valence-corrected chi connectivity index (χ4v) is 4.18. The molecule has 0 unspecified atom stereocenters. The Bertz CT molecular complexity index is 1140. The highest BCUT2D eigenvalue weighted by atomic mass is 35.5. The zero-order valence-electron chi connectivity index (χ0n) is 17.3. The number of aryl methyl sites for hydroxylation is 1. The number of benzene rings is 2. The molecule has 1 aromatic heterocycles. The second kappa shape index (κ2) is 8.58. The molecule has 0 bridgehead atoms. The van der Waals surface area contributed by atoms with Crippen LogP contribution >= 0.6 is 11.6 Å². The minimum absolute atomic E-state index is 0.357. The molecule has 30 heavy (non-hydrogen) atoms. The molecule has 3 aromatic rings. The van der Waals surface area contributed by atoms with Gasteiger partial charge in [0.15, 0.2) is 0 Å². The van der Waals surface area contributed by atoms with Gasteiger partial charge in [0.05, 0.1) is 24.8 Å². The monoisotopic (exact) mass is 429 g/mol. The number of fused-ring (bicyclic) bond motifs is 3. The van der Waals surface area contributed by atoms with Crippen LogP contribution in [0.25, 0.3) is 11.0 Å². The summed E-state index contributed by atoms with van der Waals surface area (Å²) in [5.41, 5.74) is 2.94. The Morgan fingerprint density at radius 3 is 2.70 bits per heavy atom. The molecule has 0 N–H and O–H groups in total. The number of hydrogen-bond acceptors (Lipinski definition) is 6. The van der Waals surface area contributed by atoms with Crippen molar-refractivity contribution >= 4 is 22.6 Å². The molecular formula is C23H24ClNO5. The van der Waals surface area contributed by atoms with Gasteiger partial charge < -0.3 is 18.6 Å². The van der Waals surface area contributed by atoms with E-state index in [1.807, 2.05) is 24.3 Å². The topological polar surface area (TPSA) is 61.1 Å². The number of hydrogen-bond donors (Lipinski definition) is 0. The largest absolute Gasteiger partial charge is 0.497 e. The molecule has 0 radical (unpaired) electrons. The highest BCUT2D eigenvalue weighted by molar-refractivity contribution is 6.33. The van der Waals surface area contributed by atoms with Crippen molar-refractivity contribution in [3.05, 3.63) is 62.5 Å². The first-order valence-corrected chi connectivity index (χ1v) is 10.3. The first kappa shape index (κ1) is 20.6. The lowest BCUT2D eigenvalue weighted by atomic mass is 10.0. The second-order valence-corrected chi connectivity index (χ2v) is 7.73. The van der Waals surface area contributed by atoms with Crippen molar-refractivity contribution in [2.45, 2.75) is 32.9 Å². The summed E-state index contributed by atoms with van der Waals surface area (Å²) in [6, 6.07) is 9.13. The number of rotatable bonds is 6. The predicted octanol–water partition coefficient (Wildman–Crippen LogP) is 4.77. The molecule has 0 saturated carbocycles. The molecule has 0 atom stereocenters. The van der Waals surface area contributed by atoms with Crippen molar-refractivity contribution in [1.82, 2.24) is 4.90 Å². The Hall–Kier alpha value is -2.70. The van der Waals surface area contributed by atoms with E-state index >= 15 is 0 Å². The quantitative estimate of drug-likeness (QED) is 0.526. The Morgan fingerprint density at radius 1 is 1.13 bits per heavy atom. The van der Waals surface area contributed by atoms with Crippen molar-refractivity contribution in [2.75, 3.05) is 21.0 Å². The second-order valence-electron chi connectivity index (χ2n) is 7.32. The first-order chi connectivity index (χ1) is 14.5. The van der Waals surface area contributed by atoms with Gasteiger partial charge in [0.2, 0.25) is 0 Å². The third-order valence-corrected chi connectivity index (χ3v) is 5.58. The van der Waals surface area contributed by atoms with Crippen LogP contribution in [0, 0.1) is 0 Å². The Kier molecular flexibility index (Phi) is 5.88. The summed E-state index contributed by atoms with van der Waals surface area (Å²) in [4.78, 5) is 14.3. The highest BCUT2D eigenvalue weighted by Crippen LogP contribution is 2.40. The van der Waals surface area contributed by atoms with E-state index in [1.165, 1.54) is 0 Å². The summed E-state index contributed by atoms with van der Waals surface area (Å²) < 4.78 is 22.4. The third kappa shape index (κ3) is 3.85. The minimum atomic E-state index is -0.357. The number of methoxy groups -OCH3 is 2. The summed E-state index contributed by atoms with van der Waals surface area (Å²) in [5, 5.41) is 1.40. The Morgan fingerprint density at radius 2 is 1.97 bits per heavy atom. The molecule has 0 amide bonds. The van der Waals surface area contributed by atoms with Crippen LogP contribution in [0.1, 0.15) is 30.0 Å². The maximum absolute atomic E-state index is 12.2. The lowest BCUT2D eigenvalue weighted by Crippen LogP contribution is -2.32. The summed E-state index contributed by atoms with van der Waals surface area (Å²) >= 11 is 6.52. The van der Waals surface area contributed by atoms with E-state index in [9.17, 15) is 4.79 Å². The van der Waals surface area contributed by atoms with Gasteiger partial charge >= 0.3 is 5.63 Å². The van der Waals surface area contributed by atoms with Crippen LogP contribution in [0.4, 0.5) is 0 Å². The maximum Gasteiger partial charge on any atom is 0.336 e. The van der Waals surface area contributed by atoms with Crippen LogP contribution in [0.2, 0.25) is 5.02 Å². The third-order valence-electron chi connectivity index (χ3n) is 5.30. The van der Waals surface area contributed by atoms with Gasteiger partial charge in [-0.05, 0) is 24.1 Å². The van der Waals surface area contributed by atoms with E-state index in [4.69, 9.17) is 30.2 Å². The lowest BCUT2D eigenvalue weighted by Gasteiger charge is -2.30. The van der Waals surface area contributed by atoms with Gasteiger partial charge in [0, 0.05) is 36.2 Å². The van der Waals surface area contributed by atoms with Crippen molar-refractivity contribution in [2.24, 2.45) is 0 Å². The molecule has 1 aliphatic heterocycles. The minimum Gasteiger partial charge on any atom is -0.497 e. The SMILES string of the molecule is CCCc1cc(=O)oc2c3c(c(Cl)cc12)OCN(Cc1ccc(OC)cc1OC)C3. The van der Waals surface area contributed by atoms with Gasteiger partial charge in [-0.2, -0.15) is 0 Å². The molecule has 0 aliphatic carbocycles. The van der Waals surface area contributed by atoms with Crippen molar-refractivity contribution in [1.29, 1.82) is 0 Å².